The predicted octanol–water partition coefficient (Wildman–Crippen LogP) is 4.28. The van der Waals surface area contributed by atoms with E-state index in [1.165, 1.54) is 18.2 Å². The molecule has 3 aromatic carbocycles. The molecule has 3 rings (SSSR count). The molecule has 1 atom stereocenters. The van der Waals surface area contributed by atoms with Crippen LogP contribution in [0.2, 0.25) is 0 Å². The molecule has 0 saturated carbocycles. The van der Waals surface area contributed by atoms with E-state index in [1.54, 1.807) is 44.2 Å². The van der Waals surface area contributed by atoms with Crippen LogP contribution in [0.3, 0.4) is 0 Å². The average Bonchev–Trinajstić information content (AvgIpc) is 2.68. The molecule has 0 fully saturated rings. The number of hydrogen-bond acceptors (Lipinski definition) is 3. The van der Waals surface area contributed by atoms with Crippen molar-refractivity contribution in [3.63, 3.8) is 0 Å². The second kappa shape index (κ2) is 9.41. The van der Waals surface area contributed by atoms with E-state index in [0.717, 1.165) is 11.1 Å². The van der Waals surface area contributed by atoms with Crippen LogP contribution in [0.5, 0.6) is 0 Å². The first kappa shape index (κ1) is 22.7. The lowest BCUT2D eigenvalue weighted by molar-refractivity contribution is -0.117. The first-order valence-corrected chi connectivity index (χ1v) is 11.3. The number of carbonyl (C=O) groups excluding carboxylic acids is 1. The van der Waals surface area contributed by atoms with Crippen LogP contribution >= 0.6 is 0 Å². The fourth-order valence-corrected chi connectivity index (χ4v) is 5.31. The molecule has 5 nitrogen and oxygen atoms in total. The number of benzene rings is 3. The van der Waals surface area contributed by atoms with E-state index in [1.807, 2.05) is 25.1 Å². The van der Waals surface area contributed by atoms with E-state index >= 15 is 0 Å². The van der Waals surface area contributed by atoms with Crippen molar-refractivity contribution in [3.05, 3.63) is 94.8 Å². The van der Waals surface area contributed by atoms with Crippen molar-refractivity contribution >= 4 is 21.6 Å². The predicted molar refractivity (Wildman–Crippen MR) is 120 cm³/mol. The van der Waals surface area contributed by atoms with Crippen LogP contribution in [-0.4, -0.2) is 20.4 Å². The fourth-order valence-electron chi connectivity index (χ4n) is 3.66. The number of aryl methyl sites for hydroxylation is 3. The Morgan fingerprint density at radius 2 is 1.52 bits per heavy atom. The molecule has 0 saturated heterocycles. The highest BCUT2D eigenvalue weighted by molar-refractivity contribution is 7.89. The molecule has 0 radical (unpaired) electrons. The Labute approximate surface area is 182 Å². The summed E-state index contributed by atoms with van der Waals surface area (Å²) < 4.78 is 43.1. The number of para-hydroxylation sites is 1. The van der Waals surface area contributed by atoms with E-state index in [2.05, 4.69) is 10.0 Å². The number of rotatable bonds is 7. The van der Waals surface area contributed by atoms with Gasteiger partial charge in [-0.3, -0.25) is 4.79 Å². The molecule has 0 heterocycles. The molecular weight excluding hydrogens is 415 g/mol. The van der Waals surface area contributed by atoms with Gasteiger partial charge in [-0.2, -0.15) is 4.72 Å². The van der Waals surface area contributed by atoms with Gasteiger partial charge in [0.15, 0.2) is 0 Å². The summed E-state index contributed by atoms with van der Waals surface area (Å²) in [5.74, 6) is -1.23. The van der Waals surface area contributed by atoms with Gasteiger partial charge in [-0.1, -0.05) is 60.2 Å². The lowest BCUT2D eigenvalue weighted by Gasteiger charge is -2.21. The van der Waals surface area contributed by atoms with Gasteiger partial charge in [0.2, 0.25) is 15.9 Å². The monoisotopic (exact) mass is 440 g/mol. The molecule has 31 heavy (non-hydrogen) atoms. The number of nitrogens with one attached hydrogen (secondary N) is 2. The van der Waals surface area contributed by atoms with Gasteiger partial charge in [0, 0.05) is 0 Å². The molecule has 0 unspecified atom stereocenters. The van der Waals surface area contributed by atoms with Gasteiger partial charge in [-0.25, -0.2) is 12.8 Å². The van der Waals surface area contributed by atoms with Gasteiger partial charge < -0.3 is 5.32 Å². The van der Waals surface area contributed by atoms with Crippen LogP contribution in [0.1, 0.15) is 22.3 Å². The Morgan fingerprint density at radius 3 is 2.13 bits per heavy atom. The van der Waals surface area contributed by atoms with Gasteiger partial charge in [0.25, 0.3) is 0 Å². The number of anilines is 1. The largest absolute Gasteiger partial charge is 0.322 e. The van der Waals surface area contributed by atoms with E-state index < -0.39 is 27.8 Å². The highest BCUT2D eigenvalue weighted by Gasteiger charge is 2.28. The smallest absolute Gasteiger partial charge is 0.242 e. The van der Waals surface area contributed by atoms with Gasteiger partial charge in [-0.15, -0.1) is 0 Å². The van der Waals surface area contributed by atoms with Crippen molar-refractivity contribution in [2.75, 3.05) is 5.32 Å². The van der Waals surface area contributed by atoms with E-state index in [0.29, 0.717) is 11.1 Å². The summed E-state index contributed by atoms with van der Waals surface area (Å²) in [5, 5.41) is 2.50. The van der Waals surface area contributed by atoms with Crippen LogP contribution < -0.4 is 10.0 Å². The topological polar surface area (TPSA) is 75.3 Å². The van der Waals surface area contributed by atoms with Crippen LogP contribution in [0.25, 0.3) is 0 Å². The van der Waals surface area contributed by atoms with Crippen LogP contribution in [0.15, 0.2) is 71.6 Å². The summed E-state index contributed by atoms with van der Waals surface area (Å²) in [7, 11) is -4.01. The first-order valence-electron chi connectivity index (χ1n) is 9.87. The summed E-state index contributed by atoms with van der Waals surface area (Å²) in [5.41, 5.74) is 2.91. The molecule has 2 N–H and O–H groups in total. The normalized spacial score (nSPS) is 12.4. The molecule has 0 bridgehead atoms. The van der Waals surface area contributed by atoms with Crippen molar-refractivity contribution in [1.82, 2.24) is 4.72 Å². The Balaban J connectivity index is 1.94. The third-order valence-corrected chi connectivity index (χ3v) is 6.68. The standard InChI is InChI=1S/C24H25FN2O3S/c1-16-13-17(2)23(18(3)14-16)31(29,30)27-22(15-19-9-5-4-6-10-19)24(28)26-21-12-8-7-11-20(21)25/h4-14,22,27H,15H2,1-3H3,(H,26,28)/t22-/m1/s1. The quantitative estimate of drug-likeness (QED) is 0.576. The molecule has 7 heteroatoms. The van der Waals surface area contributed by atoms with Crippen LogP contribution in [0.4, 0.5) is 10.1 Å². The lowest BCUT2D eigenvalue weighted by Crippen LogP contribution is -2.45. The Kier molecular flexibility index (Phi) is 6.87. The number of amides is 1. The maximum Gasteiger partial charge on any atom is 0.242 e. The Bertz CT molecular complexity index is 1170. The van der Waals surface area contributed by atoms with Crippen LogP contribution in [0, 0.1) is 26.6 Å². The summed E-state index contributed by atoms with van der Waals surface area (Å²) in [6.45, 7) is 5.34. The molecule has 162 valence electrons. The number of hydrogen-bond donors (Lipinski definition) is 2. The number of carbonyl (C=O) groups is 1. The molecule has 0 spiro atoms. The fraction of sp³-hybridized carbons (Fsp3) is 0.208. The maximum atomic E-state index is 14.0. The minimum atomic E-state index is -4.01. The Morgan fingerprint density at radius 1 is 0.935 bits per heavy atom. The van der Waals surface area contributed by atoms with Gasteiger partial charge >= 0.3 is 0 Å². The van der Waals surface area contributed by atoms with E-state index in [4.69, 9.17) is 0 Å². The number of halogens is 1. The van der Waals surface area contributed by atoms with Crippen LogP contribution in [-0.2, 0) is 21.2 Å². The number of sulfonamides is 1. The molecule has 0 aliphatic carbocycles. The maximum absolute atomic E-state index is 14.0. The van der Waals surface area contributed by atoms with Crippen molar-refractivity contribution in [1.29, 1.82) is 0 Å². The minimum absolute atomic E-state index is 0.00698. The van der Waals surface area contributed by atoms with E-state index in [9.17, 15) is 17.6 Å². The zero-order chi connectivity index (χ0) is 22.6. The third-order valence-electron chi connectivity index (χ3n) is 4.90. The van der Waals surface area contributed by atoms with Gasteiger partial charge in [0.05, 0.1) is 10.6 Å². The van der Waals surface area contributed by atoms with Gasteiger partial charge in [-0.05, 0) is 56.0 Å². The highest BCUT2D eigenvalue weighted by Crippen LogP contribution is 2.23. The highest BCUT2D eigenvalue weighted by atomic mass is 32.2. The average molecular weight is 441 g/mol. The minimum Gasteiger partial charge on any atom is -0.322 e. The molecule has 0 aromatic heterocycles. The second-order valence-corrected chi connectivity index (χ2v) is 9.21. The van der Waals surface area contributed by atoms with Crippen molar-refractivity contribution in [3.8, 4) is 0 Å². The summed E-state index contributed by atoms with van der Waals surface area (Å²) >= 11 is 0. The zero-order valence-corrected chi connectivity index (χ0v) is 18.5. The summed E-state index contributed by atoms with van der Waals surface area (Å²) in [4.78, 5) is 13.1. The SMILES string of the molecule is Cc1cc(C)c(S(=O)(=O)N[C@H](Cc2ccccc2)C(=O)Nc2ccccc2F)c(C)c1. The molecule has 0 aliphatic heterocycles. The second-order valence-electron chi connectivity index (χ2n) is 7.56. The van der Waals surface area contributed by atoms with Crippen molar-refractivity contribution in [2.24, 2.45) is 0 Å². The molecule has 3 aromatic rings. The molecule has 1 amide bonds. The first-order chi connectivity index (χ1) is 14.7. The summed E-state index contributed by atoms with van der Waals surface area (Å²) in [6.07, 6.45) is 0.115. The summed E-state index contributed by atoms with van der Waals surface area (Å²) in [6, 6.07) is 17.3. The lowest BCUT2D eigenvalue weighted by atomic mass is 10.1. The Hall–Kier alpha value is -3.03. The molecule has 0 aliphatic rings. The van der Waals surface area contributed by atoms with Crippen molar-refractivity contribution in [2.45, 2.75) is 38.1 Å². The zero-order valence-electron chi connectivity index (χ0n) is 17.6. The van der Waals surface area contributed by atoms with Gasteiger partial charge in [0.1, 0.15) is 11.9 Å². The molecular formula is C24H25FN2O3S. The van der Waals surface area contributed by atoms with Crippen molar-refractivity contribution < 1.29 is 17.6 Å². The van der Waals surface area contributed by atoms with E-state index in [-0.39, 0.29) is 17.0 Å². The third kappa shape index (κ3) is 5.57.